The molecule has 2 aliphatic heterocycles. The van der Waals surface area contributed by atoms with Gasteiger partial charge in [-0.3, -0.25) is 9.80 Å². The van der Waals surface area contributed by atoms with Gasteiger partial charge in [0.25, 0.3) is 0 Å². The molecule has 1 aromatic rings. The maximum atomic E-state index is 12.9. The minimum atomic E-state index is -1.21. The maximum absolute atomic E-state index is 12.9. The molecule has 1 atom stereocenters. The van der Waals surface area contributed by atoms with E-state index >= 15 is 0 Å². The van der Waals surface area contributed by atoms with Crippen LogP contribution in [0.3, 0.4) is 0 Å². The van der Waals surface area contributed by atoms with Gasteiger partial charge in [-0.25, -0.2) is 24.1 Å². The Hall–Kier alpha value is -2.62. The number of hydrogen-bond acceptors (Lipinski definition) is 5. The van der Waals surface area contributed by atoms with Crippen LogP contribution in [0.4, 0.5) is 9.59 Å². The van der Waals surface area contributed by atoms with Crippen molar-refractivity contribution in [2.24, 2.45) is 5.41 Å². The van der Waals surface area contributed by atoms with E-state index in [1.54, 1.807) is 14.5 Å². The fourth-order valence-corrected chi connectivity index (χ4v) is 3.81. The highest BCUT2D eigenvalue weighted by molar-refractivity contribution is 5.86. The first-order valence-corrected chi connectivity index (χ1v) is 9.40. The van der Waals surface area contributed by atoms with Crippen LogP contribution in [0.15, 0.2) is 0 Å². The Labute approximate surface area is 164 Å². The van der Waals surface area contributed by atoms with E-state index in [2.05, 4.69) is 10.3 Å². The van der Waals surface area contributed by atoms with Crippen LogP contribution in [0.5, 0.6) is 0 Å². The summed E-state index contributed by atoms with van der Waals surface area (Å²) in [5.74, 6) is 0.450. The second-order valence-electron chi connectivity index (χ2n) is 8.39. The average Bonchev–Trinajstić information content (AvgIpc) is 3.09. The normalized spacial score (nSPS) is 19.0. The van der Waals surface area contributed by atoms with Crippen molar-refractivity contribution >= 4 is 18.0 Å². The number of fused-ring (bicyclic) bond motifs is 1. The van der Waals surface area contributed by atoms with Crippen molar-refractivity contribution in [3.8, 4) is 0 Å². The number of amides is 3. The zero-order valence-corrected chi connectivity index (χ0v) is 17.0. The van der Waals surface area contributed by atoms with E-state index in [9.17, 15) is 14.4 Å². The van der Waals surface area contributed by atoms with Crippen LogP contribution in [0, 0.1) is 19.3 Å². The number of hydrazine groups is 1. The van der Waals surface area contributed by atoms with Crippen LogP contribution < -0.4 is 5.32 Å². The van der Waals surface area contributed by atoms with Gasteiger partial charge >= 0.3 is 12.1 Å². The molecule has 0 bridgehead atoms. The molecule has 10 heteroatoms. The predicted molar refractivity (Wildman–Crippen MR) is 101 cm³/mol. The van der Waals surface area contributed by atoms with E-state index < -0.39 is 17.6 Å². The number of rotatable bonds is 3. The third-order valence-electron chi connectivity index (χ3n) is 5.34. The molecule has 3 amide bonds. The highest BCUT2D eigenvalue weighted by Gasteiger charge is 2.39. The maximum Gasteiger partial charge on any atom is 0.405 e. The Morgan fingerprint density at radius 1 is 1.14 bits per heavy atom. The van der Waals surface area contributed by atoms with Gasteiger partial charge in [0.2, 0.25) is 5.91 Å². The number of carbonyl (C=O) groups excluding carboxylic acids is 2. The van der Waals surface area contributed by atoms with Crippen LogP contribution in [-0.4, -0.2) is 79.8 Å². The molecule has 3 rings (SSSR count). The number of nitrogens with one attached hydrogen (secondary N) is 1. The van der Waals surface area contributed by atoms with Gasteiger partial charge in [0.1, 0.15) is 11.9 Å². The van der Waals surface area contributed by atoms with Crippen LogP contribution in [0.1, 0.15) is 38.0 Å². The highest BCUT2D eigenvalue weighted by Crippen LogP contribution is 2.25. The van der Waals surface area contributed by atoms with Gasteiger partial charge < -0.3 is 15.3 Å². The molecule has 28 heavy (non-hydrogen) atoms. The minimum Gasteiger partial charge on any atom is -0.465 e. The zero-order chi connectivity index (χ0) is 20.8. The summed E-state index contributed by atoms with van der Waals surface area (Å²) in [4.78, 5) is 42.8. The molecule has 0 saturated carbocycles. The Kier molecular flexibility index (Phi) is 5.09. The Morgan fingerprint density at radius 3 is 2.25 bits per heavy atom. The number of nitrogens with zero attached hydrogens (tertiary/aromatic N) is 5. The lowest BCUT2D eigenvalue weighted by atomic mass is 9.85. The quantitative estimate of drug-likeness (QED) is 0.795. The predicted octanol–water partition coefficient (Wildman–Crippen LogP) is 1.03. The largest absolute Gasteiger partial charge is 0.465 e. The SMILES string of the molecule is Cc1nc(C)n2c1CN(N1CCN(C(=O)[C@H](NC(=O)O)C(C)(C)C)CC1)C2=O. The van der Waals surface area contributed by atoms with Crippen molar-refractivity contribution in [1.29, 1.82) is 0 Å². The van der Waals surface area contributed by atoms with Crippen molar-refractivity contribution in [2.45, 2.75) is 47.2 Å². The van der Waals surface area contributed by atoms with Crippen molar-refractivity contribution in [3.05, 3.63) is 17.2 Å². The molecule has 0 aromatic carbocycles. The first-order valence-electron chi connectivity index (χ1n) is 9.40. The summed E-state index contributed by atoms with van der Waals surface area (Å²) in [6.07, 6.45) is -1.21. The van der Waals surface area contributed by atoms with E-state index in [4.69, 9.17) is 5.11 Å². The number of carbonyl (C=O) groups is 3. The molecule has 2 N–H and O–H groups in total. The average molecular weight is 392 g/mol. The fourth-order valence-electron chi connectivity index (χ4n) is 3.81. The molecule has 1 fully saturated rings. The molecule has 0 aliphatic carbocycles. The molecule has 10 nitrogen and oxygen atoms in total. The molecular weight excluding hydrogens is 364 g/mol. The molecule has 0 radical (unpaired) electrons. The summed E-state index contributed by atoms with van der Waals surface area (Å²) in [5, 5.41) is 15.1. The summed E-state index contributed by atoms with van der Waals surface area (Å²) in [7, 11) is 0. The first-order chi connectivity index (χ1) is 13.0. The molecule has 1 saturated heterocycles. The Bertz CT molecular complexity index is 804. The van der Waals surface area contributed by atoms with Crippen LogP contribution in [-0.2, 0) is 11.3 Å². The van der Waals surface area contributed by atoms with Gasteiger partial charge in [-0.05, 0) is 19.3 Å². The lowest BCUT2D eigenvalue weighted by molar-refractivity contribution is -0.140. The Balaban J connectivity index is 1.65. The fraction of sp³-hybridized carbons (Fsp3) is 0.667. The van der Waals surface area contributed by atoms with Gasteiger partial charge in [-0.1, -0.05) is 20.8 Å². The Morgan fingerprint density at radius 2 is 1.75 bits per heavy atom. The molecule has 1 aromatic heterocycles. The van der Waals surface area contributed by atoms with Gasteiger partial charge in [0, 0.05) is 26.2 Å². The number of aromatic nitrogens is 2. The molecule has 154 valence electrons. The van der Waals surface area contributed by atoms with E-state index in [-0.39, 0.29) is 11.9 Å². The number of piperazine rings is 1. The van der Waals surface area contributed by atoms with Crippen LogP contribution >= 0.6 is 0 Å². The van der Waals surface area contributed by atoms with E-state index in [0.717, 1.165) is 11.4 Å². The summed E-state index contributed by atoms with van der Waals surface area (Å²) in [5.41, 5.74) is 1.22. The van der Waals surface area contributed by atoms with E-state index in [1.807, 2.05) is 39.6 Å². The molecule has 0 spiro atoms. The lowest BCUT2D eigenvalue weighted by Gasteiger charge is -2.41. The lowest BCUT2D eigenvalue weighted by Crippen LogP contribution is -2.60. The van der Waals surface area contributed by atoms with Gasteiger partial charge in [0.15, 0.2) is 0 Å². The van der Waals surface area contributed by atoms with Crippen LogP contribution in [0.25, 0.3) is 0 Å². The molecular formula is C18H28N6O4. The number of hydrogen-bond donors (Lipinski definition) is 2. The summed E-state index contributed by atoms with van der Waals surface area (Å²) < 4.78 is 1.64. The smallest absolute Gasteiger partial charge is 0.405 e. The van der Waals surface area contributed by atoms with Crippen LogP contribution in [0.2, 0.25) is 0 Å². The standard InChI is InChI=1S/C18H28N6O4/c1-11-13-10-23(17(28)24(13)12(2)19-11)22-8-6-21(7-9-22)15(25)14(18(3,4)5)20-16(26)27/h14,20H,6-10H2,1-5H3,(H,26,27)/t14-/m0/s1. The second-order valence-corrected chi connectivity index (χ2v) is 8.39. The monoisotopic (exact) mass is 392 g/mol. The zero-order valence-electron chi connectivity index (χ0n) is 17.0. The van der Waals surface area contributed by atoms with Gasteiger partial charge in [0.05, 0.1) is 17.9 Å². The molecule has 0 unspecified atom stereocenters. The van der Waals surface area contributed by atoms with Crippen molar-refractivity contribution in [1.82, 2.24) is 29.8 Å². The molecule has 2 aliphatic rings. The van der Waals surface area contributed by atoms with Crippen molar-refractivity contribution < 1.29 is 19.5 Å². The van der Waals surface area contributed by atoms with Gasteiger partial charge in [-0.15, -0.1) is 0 Å². The third-order valence-corrected chi connectivity index (χ3v) is 5.34. The van der Waals surface area contributed by atoms with E-state index in [1.165, 1.54) is 0 Å². The molecule has 3 heterocycles. The van der Waals surface area contributed by atoms with Crippen molar-refractivity contribution in [2.75, 3.05) is 26.2 Å². The number of carboxylic acid groups (broad SMARTS) is 1. The van der Waals surface area contributed by atoms with Gasteiger partial charge in [-0.2, -0.15) is 0 Å². The number of imidazole rings is 1. The first kappa shape index (κ1) is 20.1. The third kappa shape index (κ3) is 3.56. The summed E-state index contributed by atoms with van der Waals surface area (Å²) >= 11 is 0. The summed E-state index contributed by atoms with van der Waals surface area (Å²) in [6.45, 7) is 11.6. The van der Waals surface area contributed by atoms with E-state index in [0.29, 0.717) is 38.5 Å². The topological polar surface area (TPSA) is 111 Å². The van der Waals surface area contributed by atoms with Crippen molar-refractivity contribution in [3.63, 3.8) is 0 Å². The second kappa shape index (κ2) is 7.08. The summed E-state index contributed by atoms with van der Waals surface area (Å²) in [6, 6.07) is -0.935. The highest BCUT2D eigenvalue weighted by atomic mass is 16.4. The number of aryl methyl sites for hydroxylation is 2. The minimum absolute atomic E-state index is 0.118.